The number of halogens is 4. The molecule has 1 rings (SSSR count). The monoisotopic (exact) mass is 238 g/mol. The van der Waals surface area contributed by atoms with Crippen molar-refractivity contribution < 1.29 is 32.2 Å². The maximum absolute atomic E-state index is 13.1. The van der Waals surface area contributed by atoms with Crippen molar-refractivity contribution in [3.8, 4) is 5.75 Å². The molecule has 0 atom stereocenters. The van der Waals surface area contributed by atoms with E-state index in [-0.39, 0.29) is 6.07 Å². The van der Waals surface area contributed by atoms with Crippen molar-refractivity contribution in [2.24, 2.45) is 0 Å². The maximum Gasteiger partial charge on any atom is 0.379 e. The van der Waals surface area contributed by atoms with Crippen molar-refractivity contribution in [2.45, 2.75) is 5.92 Å². The van der Waals surface area contributed by atoms with Crippen LogP contribution < -0.4 is 4.74 Å². The van der Waals surface area contributed by atoms with E-state index < -0.39 is 34.8 Å². The first-order valence-corrected chi connectivity index (χ1v) is 3.95. The lowest BCUT2D eigenvalue weighted by Crippen LogP contribution is -2.26. The van der Waals surface area contributed by atoms with Gasteiger partial charge in [0.25, 0.3) is 0 Å². The highest BCUT2D eigenvalue weighted by atomic mass is 19.3. The molecule has 1 aromatic rings. The van der Waals surface area contributed by atoms with Gasteiger partial charge in [-0.2, -0.15) is 8.78 Å². The van der Waals surface area contributed by atoms with Crippen molar-refractivity contribution in [2.75, 3.05) is 7.11 Å². The molecule has 7 heteroatoms. The summed E-state index contributed by atoms with van der Waals surface area (Å²) in [6, 6.07) is 0.538. The highest BCUT2D eigenvalue weighted by Crippen LogP contribution is 2.37. The molecular formula is C9H6F4O3. The Balaban J connectivity index is 3.48. The van der Waals surface area contributed by atoms with Crippen molar-refractivity contribution >= 4 is 5.97 Å². The Kier molecular flexibility index (Phi) is 3.06. The summed E-state index contributed by atoms with van der Waals surface area (Å²) < 4.78 is 56.2. The van der Waals surface area contributed by atoms with E-state index in [4.69, 9.17) is 5.11 Å². The van der Waals surface area contributed by atoms with Crippen LogP contribution in [0.5, 0.6) is 5.75 Å². The fraction of sp³-hybridized carbons (Fsp3) is 0.222. The van der Waals surface area contributed by atoms with Gasteiger partial charge >= 0.3 is 11.9 Å². The number of methoxy groups -OCH3 is 1. The van der Waals surface area contributed by atoms with Crippen LogP contribution in [0.15, 0.2) is 12.1 Å². The molecule has 0 heterocycles. The zero-order valence-corrected chi connectivity index (χ0v) is 7.93. The molecule has 16 heavy (non-hydrogen) atoms. The van der Waals surface area contributed by atoms with Crippen molar-refractivity contribution in [1.29, 1.82) is 0 Å². The van der Waals surface area contributed by atoms with E-state index in [9.17, 15) is 22.4 Å². The van der Waals surface area contributed by atoms with Gasteiger partial charge in [0.2, 0.25) is 0 Å². The predicted molar refractivity (Wildman–Crippen MR) is 44.4 cm³/mol. The quantitative estimate of drug-likeness (QED) is 0.820. The van der Waals surface area contributed by atoms with Crippen molar-refractivity contribution in [1.82, 2.24) is 0 Å². The highest BCUT2D eigenvalue weighted by molar-refractivity contribution is 5.78. The molecule has 0 unspecified atom stereocenters. The number of ether oxygens (including phenoxy) is 1. The topological polar surface area (TPSA) is 46.5 Å². The van der Waals surface area contributed by atoms with Crippen LogP contribution >= 0.6 is 0 Å². The lowest BCUT2D eigenvalue weighted by atomic mass is 10.1. The van der Waals surface area contributed by atoms with Gasteiger partial charge in [0.05, 0.1) is 12.7 Å². The number of aliphatic carboxylic acids is 1. The predicted octanol–water partition coefficient (Wildman–Crippen LogP) is 2.15. The van der Waals surface area contributed by atoms with Gasteiger partial charge < -0.3 is 9.84 Å². The molecule has 0 amide bonds. The molecule has 0 bridgehead atoms. The summed E-state index contributed by atoms with van der Waals surface area (Å²) in [5.41, 5.74) is -1.36. The average Bonchev–Trinajstić information content (AvgIpc) is 2.16. The first kappa shape index (κ1) is 12.3. The van der Waals surface area contributed by atoms with Crippen LogP contribution in [-0.4, -0.2) is 18.2 Å². The van der Waals surface area contributed by atoms with Crippen LogP contribution in [0.4, 0.5) is 17.6 Å². The maximum atomic E-state index is 13.1. The van der Waals surface area contributed by atoms with E-state index >= 15 is 0 Å². The second kappa shape index (κ2) is 3.99. The lowest BCUT2D eigenvalue weighted by molar-refractivity contribution is -0.166. The lowest BCUT2D eigenvalue weighted by Gasteiger charge is -2.15. The van der Waals surface area contributed by atoms with Gasteiger partial charge in [-0.1, -0.05) is 0 Å². The number of hydrogen-bond donors (Lipinski definition) is 1. The molecule has 0 radical (unpaired) electrons. The minimum absolute atomic E-state index is 0.218. The molecule has 1 N–H and O–H groups in total. The summed E-state index contributed by atoms with van der Waals surface area (Å²) in [5.74, 6) is -10.6. The molecule has 1 aromatic carbocycles. The Morgan fingerprint density at radius 3 is 2.38 bits per heavy atom. The van der Waals surface area contributed by atoms with E-state index in [1.165, 1.54) is 0 Å². The van der Waals surface area contributed by atoms with Gasteiger partial charge in [-0.25, -0.2) is 13.6 Å². The minimum Gasteiger partial charge on any atom is -0.493 e. The largest absolute Gasteiger partial charge is 0.493 e. The highest BCUT2D eigenvalue weighted by Gasteiger charge is 2.44. The zero-order chi connectivity index (χ0) is 12.5. The standard InChI is InChI=1S/C9H6F4O3/c1-16-7-5(9(12,13)8(14)15)2-4(10)3-6(7)11/h2-3H,1H3,(H,14,15). The molecule has 0 saturated carbocycles. The van der Waals surface area contributed by atoms with Gasteiger partial charge in [0.15, 0.2) is 11.6 Å². The Morgan fingerprint density at radius 1 is 1.38 bits per heavy atom. The Labute approximate surface area is 87.3 Å². The number of benzene rings is 1. The fourth-order valence-electron chi connectivity index (χ4n) is 1.12. The van der Waals surface area contributed by atoms with Gasteiger partial charge in [-0.15, -0.1) is 0 Å². The number of carboxylic acids is 1. The fourth-order valence-corrected chi connectivity index (χ4v) is 1.12. The second-order valence-electron chi connectivity index (χ2n) is 2.85. The van der Waals surface area contributed by atoms with Gasteiger partial charge in [-0.3, -0.25) is 0 Å². The average molecular weight is 238 g/mol. The van der Waals surface area contributed by atoms with Crippen molar-refractivity contribution in [3.63, 3.8) is 0 Å². The first-order chi connectivity index (χ1) is 7.30. The van der Waals surface area contributed by atoms with Crippen LogP contribution in [-0.2, 0) is 10.7 Å². The van der Waals surface area contributed by atoms with Gasteiger partial charge in [-0.05, 0) is 6.07 Å². The van der Waals surface area contributed by atoms with Gasteiger partial charge in [0, 0.05) is 6.07 Å². The van der Waals surface area contributed by atoms with Crippen LogP contribution in [0.25, 0.3) is 0 Å². The Morgan fingerprint density at radius 2 is 1.94 bits per heavy atom. The molecule has 0 fully saturated rings. The smallest absolute Gasteiger partial charge is 0.379 e. The molecule has 0 aliphatic rings. The molecule has 0 spiro atoms. The van der Waals surface area contributed by atoms with Crippen LogP contribution in [0.1, 0.15) is 5.56 Å². The van der Waals surface area contributed by atoms with E-state index in [1.54, 1.807) is 0 Å². The number of hydrogen-bond acceptors (Lipinski definition) is 2. The number of carbonyl (C=O) groups is 1. The van der Waals surface area contributed by atoms with Crippen LogP contribution in [0.3, 0.4) is 0 Å². The summed E-state index contributed by atoms with van der Waals surface area (Å²) in [5, 5.41) is 8.25. The molecule has 0 aliphatic heterocycles. The SMILES string of the molecule is COc1c(F)cc(F)cc1C(F)(F)C(=O)O. The molecule has 0 aromatic heterocycles. The third-order valence-corrected chi connectivity index (χ3v) is 1.82. The Bertz CT molecular complexity index is 431. The van der Waals surface area contributed by atoms with Gasteiger partial charge in [0.1, 0.15) is 5.82 Å². The molecule has 3 nitrogen and oxygen atoms in total. The van der Waals surface area contributed by atoms with Crippen LogP contribution in [0, 0.1) is 11.6 Å². The number of carboxylic acid groups (broad SMARTS) is 1. The molecular weight excluding hydrogens is 232 g/mol. The van der Waals surface area contributed by atoms with E-state index in [0.29, 0.717) is 6.07 Å². The van der Waals surface area contributed by atoms with E-state index in [0.717, 1.165) is 7.11 Å². The normalized spacial score (nSPS) is 11.3. The molecule has 88 valence electrons. The van der Waals surface area contributed by atoms with Crippen LogP contribution in [0.2, 0.25) is 0 Å². The summed E-state index contributed by atoms with van der Waals surface area (Å²) in [6.45, 7) is 0. The molecule has 0 saturated heterocycles. The Hall–Kier alpha value is -1.79. The third-order valence-electron chi connectivity index (χ3n) is 1.82. The summed E-state index contributed by atoms with van der Waals surface area (Å²) in [7, 11) is 0.873. The second-order valence-corrected chi connectivity index (χ2v) is 2.85. The number of rotatable bonds is 3. The minimum atomic E-state index is -4.42. The first-order valence-electron chi connectivity index (χ1n) is 3.95. The number of alkyl halides is 2. The summed E-state index contributed by atoms with van der Waals surface area (Å²) in [4.78, 5) is 10.3. The van der Waals surface area contributed by atoms with Crippen molar-refractivity contribution in [3.05, 3.63) is 29.3 Å². The van der Waals surface area contributed by atoms with E-state index in [1.807, 2.05) is 0 Å². The molecule has 0 aliphatic carbocycles. The summed E-state index contributed by atoms with van der Waals surface area (Å²) in [6.07, 6.45) is 0. The van der Waals surface area contributed by atoms with E-state index in [2.05, 4.69) is 4.74 Å². The zero-order valence-electron chi connectivity index (χ0n) is 7.93. The summed E-state index contributed by atoms with van der Waals surface area (Å²) >= 11 is 0. The third kappa shape index (κ3) is 1.93.